The van der Waals surface area contributed by atoms with Crippen molar-refractivity contribution in [2.24, 2.45) is 0 Å². The first-order valence-electron chi connectivity index (χ1n) is 6.42. The molecule has 0 aliphatic heterocycles. The Morgan fingerprint density at radius 1 is 1.29 bits per heavy atom. The van der Waals surface area contributed by atoms with Crippen molar-refractivity contribution in [3.05, 3.63) is 60.0 Å². The standard InChI is InChI=1S/C15H16FN3O2/c1-15(21,11-5-3-2-4-6-11)10-18-14(20)19-13-8-7-12(16)9-17-13/h2-9,21H,10H2,1H3,(H2,17,18,19,20)/t15-/m1/s1. The normalized spacial score (nSPS) is 13.3. The Hall–Kier alpha value is -2.47. The number of rotatable bonds is 4. The summed E-state index contributed by atoms with van der Waals surface area (Å²) in [4.78, 5) is 15.4. The van der Waals surface area contributed by atoms with Gasteiger partial charge in [0.25, 0.3) is 0 Å². The summed E-state index contributed by atoms with van der Waals surface area (Å²) in [6.07, 6.45) is 1.01. The van der Waals surface area contributed by atoms with Crippen molar-refractivity contribution in [1.29, 1.82) is 0 Å². The highest BCUT2D eigenvalue weighted by Crippen LogP contribution is 2.18. The van der Waals surface area contributed by atoms with E-state index in [4.69, 9.17) is 0 Å². The molecule has 0 aliphatic carbocycles. The molecule has 0 fully saturated rings. The number of pyridine rings is 1. The lowest BCUT2D eigenvalue weighted by molar-refractivity contribution is 0.0599. The second kappa shape index (κ2) is 6.32. The van der Waals surface area contributed by atoms with Crippen molar-refractivity contribution in [3.8, 4) is 0 Å². The number of aliphatic hydroxyl groups is 1. The zero-order valence-electron chi connectivity index (χ0n) is 11.5. The minimum Gasteiger partial charge on any atom is -0.384 e. The number of halogens is 1. The predicted molar refractivity (Wildman–Crippen MR) is 77.2 cm³/mol. The van der Waals surface area contributed by atoms with E-state index in [-0.39, 0.29) is 12.4 Å². The fraction of sp³-hybridized carbons (Fsp3) is 0.200. The van der Waals surface area contributed by atoms with E-state index in [1.807, 2.05) is 18.2 Å². The molecular weight excluding hydrogens is 273 g/mol. The van der Waals surface area contributed by atoms with Crippen LogP contribution in [-0.4, -0.2) is 22.7 Å². The van der Waals surface area contributed by atoms with Crippen molar-refractivity contribution in [3.63, 3.8) is 0 Å². The number of carbonyl (C=O) groups is 1. The number of hydrogen-bond donors (Lipinski definition) is 3. The molecular formula is C15H16FN3O2. The first-order chi connectivity index (χ1) is 9.97. The largest absolute Gasteiger partial charge is 0.384 e. The number of hydrogen-bond acceptors (Lipinski definition) is 3. The molecule has 0 unspecified atom stereocenters. The summed E-state index contributed by atoms with van der Waals surface area (Å²) < 4.78 is 12.7. The SMILES string of the molecule is C[C@@](O)(CNC(=O)Nc1ccc(F)cn1)c1ccccc1. The summed E-state index contributed by atoms with van der Waals surface area (Å²) in [6, 6.07) is 11.1. The monoisotopic (exact) mass is 289 g/mol. The van der Waals surface area contributed by atoms with Crippen LogP contribution in [-0.2, 0) is 5.60 Å². The number of nitrogens with one attached hydrogen (secondary N) is 2. The van der Waals surface area contributed by atoms with Crippen LogP contribution in [0.5, 0.6) is 0 Å². The summed E-state index contributed by atoms with van der Waals surface area (Å²) in [5.41, 5.74) is -0.486. The maximum atomic E-state index is 12.7. The van der Waals surface area contributed by atoms with Crippen molar-refractivity contribution in [2.75, 3.05) is 11.9 Å². The van der Waals surface area contributed by atoms with Gasteiger partial charge in [0.2, 0.25) is 0 Å². The van der Waals surface area contributed by atoms with Crippen LogP contribution >= 0.6 is 0 Å². The summed E-state index contributed by atoms with van der Waals surface area (Å²) in [6.45, 7) is 1.64. The van der Waals surface area contributed by atoms with Crippen LogP contribution in [0.2, 0.25) is 0 Å². The van der Waals surface area contributed by atoms with E-state index < -0.39 is 17.4 Å². The van der Waals surface area contributed by atoms with Crippen LogP contribution < -0.4 is 10.6 Å². The Morgan fingerprint density at radius 2 is 2.00 bits per heavy atom. The van der Waals surface area contributed by atoms with Gasteiger partial charge >= 0.3 is 6.03 Å². The predicted octanol–water partition coefficient (Wildman–Crippen LogP) is 2.25. The Labute approximate surface area is 121 Å². The van der Waals surface area contributed by atoms with Gasteiger partial charge in [0, 0.05) is 0 Å². The van der Waals surface area contributed by atoms with Crippen LogP contribution in [0.15, 0.2) is 48.7 Å². The highest BCUT2D eigenvalue weighted by atomic mass is 19.1. The van der Waals surface area contributed by atoms with Gasteiger partial charge in [-0.2, -0.15) is 0 Å². The first-order valence-corrected chi connectivity index (χ1v) is 6.42. The zero-order chi connectivity index (χ0) is 15.3. The van der Waals surface area contributed by atoms with E-state index in [0.29, 0.717) is 5.56 Å². The van der Waals surface area contributed by atoms with Gasteiger partial charge in [-0.05, 0) is 24.6 Å². The smallest absolute Gasteiger partial charge is 0.320 e. The highest BCUT2D eigenvalue weighted by Gasteiger charge is 2.23. The maximum Gasteiger partial charge on any atom is 0.320 e. The van der Waals surface area contributed by atoms with Crippen LogP contribution in [0.1, 0.15) is 12.5 Å². The molecule has 1 atom stereocenters. The topological polar surface area (TPSA) is 74.2 Å². The van der Waals surface area contributed by atoms with Crippen molar-refractivity contribution in [1.82, 2.24) is 10.3 Å². The molecule has 5 nitrogen and oxygen atoms in total. The molecule has 2 aromatic rings. The Balaban J connectivity index is 1.90. The zero-order valence-corrected chi connectivity index (χ0v) is 11.5. The molecule has 0 aliphatic rings. The number of anilines is 1. The van der Waals surface area contributed by atoms with Crippen molar-refractivity contribution >= 4 is 11.8 Å². The lowest BCUT2D eigenvalue weighted by Gasteiger charge is -2.24. The van der Waals surface area contributed by atoms with Gasteiger partial charge in [0.15, 0.2) is 0 Å². The third-order valence-corrected chi connectivity index (χ3v) is 2.96. The molecule has 1 aromatic heterocycles. The molecule has 0 bridgehead atoms. The molecule has 0 saturated heterocycles. The molecule has 0 radical (unpaired) electrons. The number of aromatic nitrogens is 1. The molecule has 3 N–H and O–H groups in total. The minimum absolute atomic E-state index is 0.0318. The number of amides is 2. The van der Waals surface area contributed by atoms with E-state index in [1.54, 1.807) is 19.1 Å². The minimum atomic E-state index is -1.19. The van der Waals surface area contributed by atoms with Crippen LogP contribution in [0, 0.1) is 5.82 Å². The molecule has 2 rings (SSSR count). The van der Waals surface area contributed by atoms with E-state index in [0.717, 1.165) is 6.20 Å². The number of benzene rings is 1. The lowest BCUT2D eigenvalue weighted by atomic mass is 9.96. The molecule has 0 saturated carbocycles. The van der Waals surface area contributed by atoms with Gasteiger partial charge < -0.3 is 10.4 Å². The molecule has 6 heteroatoms. The van der Waals surface area contributed by atoms with Crippen molar-refractivity contribution in [2.45, 2.75) is 12.5 Å². The van der Waals surface area contributed by atoms with Crippen LogP contribution in [0.3, 0.4) is 0 Å². The van der Waals surface area contributed by atoms with Gasteiger partial charge in [0.1, 0.15) is 17.2 Å². The number of urea groups is 1. The van der Waals surface area contributed by atoms with Gasteiger partial charge in [0.05, 0.1) is 12.7 Å². The Morgan fingerprint density at radius 3 is 2.62 bits per heavy atom. The van der Waals surface area contributed by atoms with E-state index in [1.165, 1.54) is 12.1 Å². The Kier molecular flexibility index (Phi) is 4.49. The second-order valence-corrected chi connectivity index (χ2v) is 4.81. The van der Waals surface area contributed by atoms with Crippen LogP contribution in [0.25, 0.3) is 0 Å². The average Bonchev–Trinajstić information content (AvgIpc) is 2.49. The first kappa shape index (κ1) is 14.9. The molecule has 1 heterocycles. The summed E-state index contributed by atoms with van der Waals surface area (Å²) in [7, 11) is 0. The van der Waals surface area contributed by atoms with Gasteiger partial charge in [-0.3, -0.25) is 5.32 Å². The maximum absolute atomic E-state index is 12.7. The molecule has 0 spiro atoms. The van der Waals surface area contributed by atoms with Gasteiger partial charge in [-0.15, -0.1) is 0 Å². The summed E-state index contributed by atoms with van der Waals surface area (Å²) in [5.74, 6) is -0.249. The third kappa shape index (κ3) is 4.25. The van der Waals surface area contributed by atoms with E-state index in [9.17, 15) is 14.3 Å². The fourth-order valence-corrected chi connectivity index (χ4v) is 1.76. The van der Waals surface area contributed by atoms with E-state index >= 15 is 0 Å². The number of carbonyl (C=O) groups excluding carboxylic acids is 1. The molecule has 21 heavy (non-hydrogen) atoms. The second-order valence-electron chi connectivity index (χ2n) is 4.81. The third-order valence-electron chi connectivity index (χ3n) is 2.96. The molecule has 2 amide bonds. The Bertz CT molecular complexity index is 600. The van der Waals surface area contributed by atoms with E-state index in [2.05, 4.69) is 15.6 Å². The molecule has 1 aromatic carbocycles. The van der Waals surface area contributed by atoms with Crippen molar-refractivity contribution < 1.29 is 14.3 Å². The summed E-state index contributed by atoms with van der Waals surface area (Å²) >= 11 is 0. The van der Waals surface area contributed by atoms with Crippen LogP contribution in [0.4, 0.5) is 15.0 Å². The van der Waals surface area contributed by atoms with Gasteiger partial charge in [-0.1, -0.05) is 30.3 Å². The fourth-order valence-electron chi connectivity index (χ4n) is 1.76. The highest BCUT2D eigenvalue weighted by molar-refractivity contribution is 5.88. The molecule has 110 valence electrons. The summed E-state index contributed by atoms with van der Waals surface area (Å²) in [5, 5.41) is 15.3. The lowest BCUT2D eigenvalue weighted by Crippen LogP contribution is -2.40. The quantitative estimate of drug-likeness (QED) is 0.808. The number of nitrogens with zero attached hydrogens (tertiary/aromatic N) is 1. The van der Waals surface area contributed by atoms with Gasteiger partial charge in [-0.25, -0.2) is 14.2 Å². The average molecular weight is 289 g/mol.